The first-order valence-electron chi connectivity index (χ1n) is 7.61. The van der Waals surface area contributed by atoms with Crippen molar-refractivity contribution in [2.45, 2.75) is 31.7 Å². The molecule has 3 N–H and O–H groups in total. The molecule has 0 spiro atoms. The van der Waals surface area contributed by atoms with Crippen LogP contribution in [0.15, 0.2) is 22.7 Å². The lowest BCUT2D eigenvalue weighted by atomic mass is 9.93. The number of fused-ring (bicyclic) bond motifs is 1. The molecule has 4 nitrogen and oxygen atoms in total. The van der Waals surface area contributed by atoms with Gasteiger partial charge in [-0.2, -0.15) is 0 Å². The number of halogens is 1. The molecule has 21 heavy (non-hydrogen) atoms. The third-order valence-corrected chi connectivity index (χ3v) is 5.12. The van der Waals surface area contributed by atoms with E-state index in [-0.39, 0.29) is 17.9 Å². The first-order valence-corrected chi connectivity index (χ1v) is 8.41. The van der Waals surface area contributed by atoms with Gasteiger partial charge in [0.1, 0.15) is 5.75 Å². The minimum atomic E-state index is 0.0396. The van der Waals surface area contributed by atoms with Gasteiger partial charge in [-0.1, -0.05) is 22.4 Å². The molecule has 1 unspecified atom stereocenters. The summed E-state index contributed by atoms with van der Waals surface area (Å²) in [6.45, 7) is 1.25. The predicted molar refractivity (Wildman–Crippen MR) is 85.0 cm³/mol. The first kappa shape index (κ1) is 14.9. The molecule has 1 aliphatic heterocycles. The van der Waals surface area contributed by atoms with Crippen LogP contribution in [-0.2, 0) is 4.79 Å². The number of nitrogens with one attached hydrogen (secondary N) is 1. The Bertz CT molecular complexity index is 535. The molecule has 3 rings (SSSR count). The Balaban J connectivity index is 1.74. The first-order chi connectivity index (χ1) is 10.2. The van der Waals surface area contributed by atoms with E-state index < -0.39 is 0 Å². The van der Waals surface area contributed by atoms with E-state index in [0.29, 0.717) is 19.1 Å². The molecule has 1 aromatic rings. The van der Waals surface area contributed by atoms with Crippen LogP contribution < -0.4 is 15.8 Å². The number of carbonyl (C=O) groups excluding carboxylic acids is 1. The van der Waals surface area contributed by atoms with Crippen molar-refractivity contribution in [1.82, 2.24) is 5.32 Å². The van der Waals surface area contributed by atoms with E-state index in [9.17, 15) is 4.79 Å². The summed E-state index contributed by atoms with van der Waals surface area (Å²) in [5.74, 6) is 1.44. The minimum Gasteiger partial charge on any atom is -0.493 e. The van der Waals surface area contributed by atoms with Crippen molar-refractivity contribution in [2.75, 3.05) is 13.2 Å². The van der Waals surface area contributed by atoms with Gasteiger partial charge < -0.3 is 15.8 Å². The maximum atomic E-state index is 12.6. The Morgan fingerprint density at radius 2 is 2.24 bits per heavy atom. The Morgan fingerprint density at radius 3 is 3.05 bits per heavy atom. The zero-order valence-electron chi connectivity index (χ0n) is 12.0. The van der Waals surface area contributed by atoms with Crippen LogP contribution in [0.25, 0.3) is 0 Å². The zero-order valence-corrected chi connectivity index (χ0v) is 13.6. The fourth-order valence-electron chi connectivity index (χ4n) is 3.46. The fourth-order valence-corrected chi connectivity index (χ4v) is 3.84. The van der Waals surface area contributed by atoms with Gasteiger partial charge in [0.2, 0.25) is 5.91 Å². The largest absolute Gasteiger partial charge is 0.493 e. The van der Waals surface area contributed by atoms with Crippen LogP contribution in [0, 0.1) is 11.8 Å². The number of ether oxygens (including phenoxy) is 1. The Hall–Kier alpha value is -1.07. The number of amides is 1. The summed E-state index contributed by atoms with van der Waals surface area (Å²) < 4.78 is 6.67. The van der Waals surface area contributed by atoms with Gasteiger partial charge in [-0.05, 0) is 43.5 Å². The second kappa shape index (κ2) is 6.36. The molecule has 0 radical (unpaired) electrons. The summed E-state index contributed by atoms with van der Waals surface area (Å²) in [4.78, 5) is 12.6. The fraction of sp³-hybridized carbons (Fsp3) is 0.562. The van der Waals surface area contributed by atoms with Gasteiger partial charge in [-0.3, -0.25) is 4.79 Å². The molecule has 0 saturated heterocycles. The predicted octanol–water partition coefficient (Wildman–Crippen LogP) is 2.76. The second-order valence-electron chi connectivity index (χ2n) is 5.91. The van der Waals surface area contributed by atoms with Crippen LogP contribution in [-0.4, -0.2) is 19.1 Å². The molecule has 0 bridgehead atoms. The number of hydrogen-bond donors (Lipinski definition) is 2. The molecule has 1 heterocycles. The number of rotatable bonds is 3. The molecule has 5 heteroatoms. The Morgan fingerprint density at radius 1 is 1.38 bits per heavy atom. The van der Waals surface area contributed by atoms with Crippen molar-refractivity contribution >= 4 is 21.8 Å². The van der Waals surface area contributed by atoms with E-state index in [1.165, 1.54) is 0 Å². The maximum Gasteiger partial charge on any atom is 0.223 e. The van der Waals surface area contributed by atoms with Crippen LogP contribution in [0.5, 0.6) is 5.75 Å². The highest BCUT2D eigenvalue weighted by Gasteiger charge is 2.34. The van der Waals surface area contributed by atoms with E-state index in [0.717, 1.165) is 41.5 Å². The van der Waals surface area contributed by atoms with E-state index in [2.05, 4.69) is 21.2 Å². The molecule has 1 fully saturated rings. The third-order valence-electron chi connectivity index (χ3n) is 4.63. The Labute approximate surface area is 133 Å². The molecular weight excluding hydrogens is 332 g/mol. The molecule has 1 saturated carbocycles. The monoisotopic (exact) mass is 352 g/mol. The van der Waals surface area contributed by atoms with Gasteiger partial charge in [0.15, 0.2) is 0 Å². The molecule has 1 amide bonds. The molecular formula is C16H21BrN2O2. The summed E-state index contributed by atoms with van der Waals surface area (Å²) in [7, 11) is 0. The topological polar surface area (TPSA) is 64.4 Å². The van der Waals surface area contributed by atoms with Crippen LogP contribution in [0.1, 0.15) is 37.3 Å². The van der Waals surface area contributed by atoms with Crippen molar-refractivity contribution in [2.24, 2.45) is 17.6 Å². The van der Waals surface area contributed by atoms with Crippen molar-refractivity contribution in [3.63, 3.8) is 0 Å². The minimum absolute atomic E-state index is 0.0396. The summed E-state index contributed by atoms with van der Waals surface area (Å²) in [5, 5.41) is 3.21. The van der Waals surface area contributed by atoms with Gasteiger partial charge in [0.25, 0.3) is 0 Å². The molecule has 114 valence electrons. The average molecular weight is 353 g/mol. The van der Waals surface area contributed by atoms with Crippen molar-refractivity contribution in [3.8, 4) is 5.75 Å². The smallest absolute Gasteiger partial charge is 0.223 e. The van der Waals surface area contributed by atoms with E-state index in [1.54, 1.807) is 0 Å². The lowest BCUT2D eigenvalue weighted by molar-refractivity contribution is -0.126. The van der Waals surface area contributed by atoms with Crippen LogP contribution in [0.4, 0.5) is 0 Å². The number of carbonyl (C=O) groups is 1. The summed E-state index contributed by atoms with van der Waals surface area (Å²) in [6.07, 6.45) is 3.96. The van der Waals surface area contributed by atoms with Gasteiger partial charge in [-0.25, -0.2) is 0 Å². The van der Waals surface area contributed by atoms with Crippen LogP contribution in [0.3, 0.4) is 0 Å². The second-order valence-corrected chi connectivity index (χ2v) is 6.83. The summed E-state index contributed by atoms with van der Waals surface area (Å²) in [6, 6.07) is 5.99. The molecule has 1 aliphatic carbocycles. The standard InChI is InChI=1S/C16H21BrN2O2/c17-11-4-5-15-13(8-11)14(6-7-21-15)19-16(20)12-3-1-2-10(12)9-18/h4-5,8,10,12,14H,1-3,6-7,9,18H2,(H,19,20)/t10-,12-,14?/m1/s1. The zero-order chi connectivity index (χ0) is 14.8. The SMILES string of the molecule is NC[C@H]1CCC[C@H]1C(=O)NC1CCOc2ccc(Br)cc21. The molecule has 2 aliphatic rings. The molecule has 3 atom stereocenters. The van der Waals surface area contributed by atoms with Gasteiger partial charge in [-0.15, -0.1) is 0 Å². The van der Waals surface area contributed by atoms with Crippen LogP contribution >= 0.6 is 15.9 Å². The number of nitrogens with two attached hydrogens (primary N) is 1. The highest BCUT2D eigenvalue weighted by atomic mass is 79.9. The van der Waals surface area contributed by atoms with Gasteiger partial charge in [0, 0.05) is 22.4 Å². The lowest BCUT2D eigenvalue weighted by Gasteiger charge is -2.28. The number of benzene rings is 1. The average Bonchev–Trinajstić information content (AvgIpc) is 2.96. The highest BCUT2D eigenvalue weighted by Crippen LogP contribution is 2.36. The molecule has 0 aromatic heterocycles. The van der Waals surface area contributed by atoms with Crippen molar-refractivity contribution in [1.29, 1.82) is 0 Å². The van der Waals surface area contributed by atoms with Gasteiger partial charge in [0.05, 0.1) is 12.6 Å². The van der Waals surface area contributed by atoms with E-state index in [4.69, 9.17) is 10.5 Å². The van der Waals surface area contributed by atoms with Crippen molar-refractivity contribution < 1.29 is 9.53 Å². The third kappa shape index (κ3) is 3.09. The normalized spacial score (nSPS) is 27.8. The quantitative estimate of drug-likeness (QED) is 0.878. The lowest BCUT2D eigenvalue weighted by Crippen LogP contribution is -2.38. The van der Waals surface area contributed by atoms with Crippen molar-refractivity contribution in [3.05, 3.63) is 28.2 Å². The Kier molecular flexibility index (Phi) is 4.50. The summed E-state index contributed by atoms with van der Waals surface area (Å²) in [5.41, 5.74) is 6.85. The highest BCUT2D eigenvalue weighted by molar-refractivity contribution is 9.10. The van der Waals surface area contributed by atoms with Gasteiger partial charge >= 0.3 is 0 Å². The number of hydrogen-bond acceptors (Lipinski definition) is 3. The van der Waals surface area contributed by atoms with E-state index >= 15 is 0 Å². The molecule has 1 aromatic carbocycles. The van der Waals surface area contributed by atoms with Crippen LogP contribution in [0.2, 0.25) is 0 Å². The maximum absolute atomic E-state index is 12.6. The van der Waals surface area contributed by atoms with E-state index in [1.807, 2.05) is 18.2 Å². The summed E-state index contributed by atoms with van der Waals surface area (Å²) >= 11 is 3.49.